The number of methoxy groups -OCH3 is 2. The Bertz CT molecular complexity index is 559. The number of nitrogens with one attached hydrogen (secondary N) is 2. The van der Waals surface area contributed by atoms with Gasteiger partial charge in [0, 0.05) is 17.8 Å². The molecule has 0 bridgehead atoms. The summed E-state index contributed by atoms with van der Waals surface area (Å²) in [7, 11) is 3.26. The van der Waals surface area contributed by atoms with Gasteiger partial charge in [0.2, 0.25) is 6.41 Å². The third-order valence-corrected chi connectivity index (χ3v) is 2.93. The van der Waals surface area contributed by atoms with Crippen molar-refractivity contribution in [2.24, 2.45) is 0 Å². The van der Waals surface area contributed by atoms with E-state index in [0.29, 0.717) is 12.2 Å². The Labute approximate surface area is 117 Å². The van der Waals surface area contributed by atoms with Gasteiger partial charge in [-0.3, -0.25) is 9.89 Å². The van der Waals surface area contributed by atoms with Crippen LogP contribution >= 0.6 is 0 Å². The summed E-state index contributed by atoms with van der Waals surface area (Å²) >= 11 is 0. The molecule has 1 amide bonds. The van der Waals surface area contributed by atoms with Crippen LogP contribution < -0.4 is 14.8 Å². The van der Waals surface area contributed by atoms with Crippen LogP contribution in [-0.2, 0) is 17.6 Å². The number of aromatic amines is 1. The quantitative estimate of drug-likeness (QED) is 0.755. The number of H-pyrrole nitrogens is 1. The number of anilines is 1. The third kappa shape index (κ3) is 3.50. The van der Waals surface area contributed by atoms with E-state index in [1.807, 2.05) is 24.3 Å². The van der Waals surface area contributed by atoms with Gasteiger partial charge < -0.3 is 14.8 Å². The normalized spacial score (nSPS) is 10.1. The number of carbonyl (C=O) groups excluding carboxylic acids is 1. The van der Waals surface area contributed by atoms with Gasteiger partial charge in [-0.05, 0) is 30.5 Å². The molecule has 0 spiro atoms. The van der Waals surface area contributed by atoms with Gasteiger partial charge in [-0.25, -0.2) is 0 Å². The van der Waals surface area contributed by atoms with Crippen molar-refractivity contribution in [3.8, 4) is 11.5 Å². The summed E-state index contributed by atoms with van der Waals surface area (Å²) in [5.41, 5.74) is 2.07. The molecule has 2 N–H and O–H groups in total. The molecule has 1 aromatic carbocycles. The molecule has 0 unspecified atom stereocenters. The summed E-state index contributed by atoms with van der Waals surface area (Å²) in [5.74, 6) is 2.07. The number of nitrogens with zero attached hydrogens (tertiary/aromatic N) is 1. The molecule has 1 heterocycles. The van der Waals surface area contributed by atoms with Crippen LogP contribution in [0.3, 0.4) is 0 Å². The lowest BCUT2D eigenvalue weighted by atomic mass is 10.1. The number of hydrogen-bond donors (Lipinski definition) is 2. The van der Waals surface area contributed by atoms with Crippen LogP contribution in [0, 0.1) is 0 Å². The molecule has 1 aromatic heterocycles. The van der Waals surface area contributed by atoms with Crippen molar-refractivity contribution in [3.05, 3.63) is 35.5 Å². The minimum atomic E-state index is 0.526. The van der Waals surface area contributed by atoms with E-state index < -0.39 is 0 Å². The Morgan fingerprint density at radius 2 is 1.85 bits per heavy atom. The van der Waals surface area contributed by atoms with Crippen molar-refractivity contribution < 1.29 is 14.3 Å². The fourth-order valence-electron chi connectivity index (χ4n) is 1.91. The van der Waals surface area contributed by atoms with Crippen LogP contribution in [-0.4, -0.2) is 30.8 Å². The van der Waals surface area contributed by atoms with E-state index in [-0.39, 0.29) is 0 Å². The van der Waals surface area contributed by atoms with Crippen LogP contribution in [0.1, 0.15) is 11.3 Å². The van der Waals surface area contributed by atoms with Crippen molar-refractivity contribution in [1.82, 2.24) is 10.2 Å². The highest BCUT2D eigenvalue weighted by Gasteiger charge is 2.04. The number of hydrogen-bond acceptors (Lipinski definition) is 4. The monoisotopic (exact) mass is 275 g/mol. The second-order valence-corrected chi connectivity index (χ2v) is 4.26. The average Bonchev–Trinajstić information content (AvgIpc) is 2.93. The average molecular weight is 275 g/mol. The Balaban J connectivity index is 2.03. The van der Waals surface area contributed by atoms with Crippen molar-refractivity contribution in [1.29, 1.82) is 0 Å². The summed E-state index contributed by atoms with van der Waals surface area (Å²) in [5, 5.41) is 9.35. The maximum absolute atomic E-state index is 10.3. The van der Waals surface area contributed by atoms with Crippen LogP contribution in [0.4, 0.5) is 5.82 Å². The van der Waals surface area contributed by atoms with E-state index in [4.69, 9.17) is 9.47 Å². The molecule has 0 saturated heterocycles. The highest BCUT2D eigenvalue weighted by Crippen LogP contribution is 2.23. The molecule has 106 valence electrons. The van der Waals surface area contributed by atoms with Crippen LogP contribution in [0.25, 0.3) is 0 Å². The lowest BCUT2D eigenvalue weighted by Gasteiger charge is -2.07. The van der Waals surface area contributed by atoms with Gasteiger partial charge in [-0.15, -0.1) is 0 Å². The molecule has 0 atom stereocenters. The van der Waals surface area contributed by atoms with Gasteiger partial charge in [0.1, 0.15) is 11.5 Å². The molecule has 0 fully saturated rings. The largest absolute Gasteiger partial charge is 0.497 e. The van der Waals surface area contributed by atoms with E-state index in [1.165, 1.54) is 0 Å². The second kappa shape index (κ2) is 6.60. The third-order valence-electron chi connectivity index (χ3n) is 2.93. The van der Waals surface area contributed by atoms with Gasteiger partial charge in [0.15, 0.2) is 5.82 Å². The van der Waals surface area contributed by atoms with Crippen LogP contribution in [0.5, 0.6) is 11.5 Å². The standard InChI is InChI=1S/C14H17N3O3/c1-19-12-5-10(6-13(8-12)20-2)3-4-11-7-14(15-9-18)17-16-11/h5-9H,3-4H2,1-2H3,(H2,15,16,17,18). The number of aromatic nitrogens is 2. The number of aryl methyl sites for hydroxylation is 2. The maximum Gasteiger partial charge on any atom is 0.212 e. The Morgan fingerprint density at radius 1 is 1.15 bits per heavy atom. The molecule has 0 aliphatic carbocycles. The summed E-state index contributed by atoms with van der Waals surface area (Å²) < 4.78 is 10.5. The maximum atomic E-state index is 10.3. The highest BCUT2D eigenvalue weighted by atomic mass is 16.5. The lowest BCUT2D eigenvalue weighted by molar-refractivity contribution is -0.105. The molecule has 6 nitrogen and oxygen atoms in total. The van der Waals surface area contributed by atoms with E-state index in [1.54, 1.807) is 14.2 Å². The van der Waals surface area contributed by atoms with Crippen molar-refractivity contribution in [3.63, 3.8) is 0 Å². The van der Waals surface area contributed by atoms with E-state index in [9.17, 15) is 4.79 Å². The molecule has 0 aliphatic heterocycles. The predicted octanol–water partition coefficient (Wildman–Crippen LogP) is 1.78. The molecule has 6 heteroatoms. The summed E-state index contributed by atoms with van der Waals surface area (Å²) in [4.78, 5) is 10.3. The SMILES string of the molecule is COc1cc(CCc2cc(NC=O)n[nH]2)cc(OC)c1. The number of rotatable bonds is 7. The Hall–Kier alpha value is -2.50. The fraction of sp³-hybridized carbons (Fsp3) is 0.286. The molecule has 0 saturated carbocycles. The summed E-state index contributed by atoms with van der Waals surface area (Å²) in [6.45, 7) is 0. The molecular formula is C14H17N3O3. The number of benzene rings is 1. The summed E-state index contributed by atoms with van der Waals surface area (Å²) in [6.07, 6.45) is 2.20. The molecule has 0 aliphatic rings. The lowest BCUT2D eigenvalue weighted by Crippen LogP contribution is -1.95. The minimum Gasteiger partial charge on any atom is -0.497 e. The van der Waals surface area contributed by atoms with Gasteiger partial charge in [0.25, 0.3) is 0 Å². The van der Waals surface area contributed by atoms with Gasteiger partial charge in [-0.2, -0.15) is 5.10 Å². The first-order valence-corrected chi connectivity index (χ1v) is 6.21. The predicted molar refractivity (Wildman–Crippen MR) is 75.2 cm³/mol. The van der Waals surface area contributed by atoms with Crippen LogP contribution in [0.15, 0.2) is 24.3 Å². The molecule has 20 heavy (non-hydrogen) atoms. The van der Waals surface area contributed by atoms with Crippen LogP contribution in [0.2, 0.25) is 0 Å². The number of amides is 1. The second-order valence-electron chi connectivity index (χ2n) is 4.26. The van der Waals surface area contributed by atoms with E-state index in [2.05, 4.69) is 15.5 Å². The first-order chi connectivity index (χ1) is 9.75. The van der Waals surface area contributed by atoms with Crippen molar-refractivity contribution >= 4 is 12.2 Å². The number of ether oxygens (including phenoxy) is 2. The Kier molecular flexibility index (Phi) is 4.60. The zero-order chi connectivity index (χ0) is 14.4. The zero-order valence-electron chi connectivity index (χ0n) is 11.5. The van der Waals surface area contributed by atoms with E-state index in [0.717, 1.165) is 35.6 Å². The smallest absolute Gasteiger partial charge is 0.212 e. The fourth-order valence-corrected chi connectivity index (χ4v) is 1.91. The molecule has 2 rings (SSSR count). The molecule has 2 aromatic rings. The Morgan fingerprint density at radius 3 is 2.45 bits per heavy atom. The van der Waals surface area contributed by atoms with Gasteiger partial charge >= 0.3 is 0 Å². The number of carbonyl (C=O) groups is 1. The minimum absolute atomic E-state index is 0.526. The van der Waals surface area contributed by atoms with Gasteiger partial charge in [0.05, 0.1) is 14.2 Å². The zero-order valence-corrected chi connectivity index (χ0v) is 11.5. The van der Waals surface area contributed by atoms with Gasteiger partial charge in [-0.1, -0.05) is 0 Å². The summed E-state index contributed by atoms with van der Waals surface area (Å²) in [6, 6.07) is 7.60. The van der Waals surface area contributed by atoms with Crippen molar-refractivity contribution in [2.75, 3.05) is 19.5 Å². The highest BCUT2D eigenvalue weighted by molar-refractivity contribution is 5.68. The first-order valence-electron chi connectivity index (χ1n) is 6.21. The first kappa shape index (κ1) is 13.9. The van der Waals surface area contributed by atoms with E-state index >= 15 is 0 Å². The topological polar surface area (TPSA) is 76.2 Å². The molecule has 0 radical (unpaired) electrons. The molecular weight excluding hydrogens is 258 g/mol. The van der Waals surface area contributed by atoms with Crippen molar-refractivity contribution in [2.45, 2.75) is 12.8 Å².